The van der Waals surface area contributed by atoms with Gasteiger partial charge in [-0.15, -0.1) is 11.3 Å². The molecule has 0 aromatic carbocycles. The first-order valence-corrected chi connectivity index (χ1v) is 8.63. The maximum absolute atomic E-state index is 12.1. The van der Waals surface area contributed by atoms with E-state index >= 15 is 0 Å². The van der Waals surface area contributed by atoms with Crippen LogP contribution in [-0.2, 0) is 11.2 Å². The number of thiophene rings is 1. The van der Waals surface area contributed by atoms with E-state index in [2.05, 4.69) is 31.4 Å². The van der Waals surface area contributed by atoms with Gasteiger partial charge < -0.3 is 14.7 Å². The molecule has 7 nitrogen and oxygen atoms in total. The number of nitrogens with one attached hydrogen (secondary N) is 1. The molecule has 124 valence electrons. The van der Waals surface area contributed by atoms with Crippen molar-refractivity contribution >= 4 is 39.1 Å². The van der Waals surface area contributed by atoms with Crippen molar-refractivity contribution in [3.63, 3.8) is 0 Å². The van der Waals surface area contributed by atoms with Gasteiger partial charge in [-0.05, 0) is 41.4 Å². The highest BCUT2D eigenvalue weighted by atomic mass is 79.9. The highest BCUT2D eigenvalue weighted by Crippen LogP contribution is 2.22. The van der Waals surface area contributed by atoms with Gasteiger partial charge in [0.15, 0.2) is 5.82 Å². The van der Waals surface area contributed by atoms with Crippen molar-refractivity contribution in [3.05, 3.63) is 32.5 Å². The molecule has 0 saturated heterocycles. The van der Waals surface area contributed by atoms with E-state index in [9.17, 15) is 9.59 Å². The molecule has 1 N–H and O–H groups in total. The van der Waals surface area contributed by atoms with Crippen LogP contribution in [0.5, 0.6) is 0 Å². The first-order chi connectivity index (χ1) is 11.0. The van der Waals surface area contributed by atoms with Gasteiger partial charge in [-0.25, -0.2) is 0 Å². The third-order valence-corrected chi connectivity index (χ3v) is 4.58. The van der Waals surface area contributed by atoms with Crippen LogP contribution in [0.15, 0.2) is 20.4 Å². The highest BCUT2D eigenvalue weighted by molar-refractivity contribution is 9.11. The molecule has 0 aliphatic rings. The SMILES string of the molecule is Cc1noc(CCCNC(=O)CN(C)C(=O)c2ccc(Br)s2)n1. The fourth-order valence-corrected chi connectivity index (χ4v) is 3.25. The van der Waals surface area contributed by atoms with E-state index in [4.69, 9.17) is 4.52 Å². The molecule has 2 heterocycles. The molecule has 2 amide bonds. The standard InChI is InChI=1S/C14H17BrN4O3S/c1-9-17-13(22-18-9)4-3-7-16-12(20)8-19(2)14(21)10-5-6-11(15)23-10/h5-6H,3-4,7-8H2,1-2H3,(H,16,20). The summed E-state index contributed by atoms with van der Waals surface area (Å²) in [6.07, 6.45) is 1.31. The molecule has 2 rings (SSSR count). The van der Waals surface area contributed by atoms with E-state index in [0.29, 0.717) is 36.0 Å². The van der Waals surface area contributed by atoms with Gasteiger partial charge in [0.25, 0.3) is 5.91 Å². The minimum atomic E-state index is -0.196. The molecule has 2 aromatic heterocycles. The highest BCUT2D eigenvalue weighted by Gasteiger charge is 2.16. The van der Waals surface area contributed by atoms with Gasteiger partial charge in [0.05, 0.1) is 15.2 Å². The lowest BCUT2D eigenvalue weighted by Crippen LogP contribution is -2.38. The van der Waals surface area contributed by atoms with E-state index in [-0.39, 0.29) is 18.4 Å². The van der Waals surface area contributed by atoms with Gasteiger partial charge in [0.1, 0.15) is 0 Å². The fourth-order valence-electron chi connectivity index (χ4n) is 1.87. The summed E-state index contributed by atoms with van der Waals surface area (Å²) in [4.78, 5) is 30.0. The summed E-state index contributed by atoms with van der Waals surface area (Å²) in [6.45, 7) is 2.27. The number of carbonyl (C=O) groups excluding carboxylic acids is 2. The van der Waals surface area contributed by atoms with E-state index in [1.54, 1.807) is 20.0 Å². The summed E-state index contributed by atoms with van der Waals surface area (Å²) in [6, 6.07) is 3.54. The average Bonchev–Trinajstić information content (AvgIpc) is 3.11. The minimum absolute atomic E-state index is 0.0218. The van der Waals surface area contributed by atoms with Crippen molar-refractivity contribution < 1.29 is 14.1 Å². The molecule has 0 saturated carbocycles. The predicted octanol–water partition coefficient (Wildman–Crippen LogP) is 2.02. The zero-order valence-corrected chi connectivity index (χ0v) is 15.2. The van der Waals surface area contributed by atoms with Crippen molar-refractivity contribution in [2.75, 3.05) is 20.1 Å². The molecule has 9 heteroatoms. The van der Waals surface area contributed by atoms with Gasteiger partial charge in [-0.3, -0.25) is 9.59 Å². The van der Waals surface area contributed by atoms with Gasteiger partial charge in [0, 0.05) is 20.0 Å². The van der Waals surface area contributed by atoms with Crippen LogP contribution < -0.4 is 5.32 Å². The Kier molecular flexibility index (Phi) is 6.28. The van der Waals surface area contributed by atoms with Crippen LogP contribution in [0.3, 0.4) is 0 Å². The monoisotopic (exact) mass is 400 g/mol. The third-order valence-electron chi connectivity index (χ3n) is 2.97. The van der Waals surface area contributed by atoms with Crippen LogP contribution in [0, 0.1) is 6.92 Å². The molecule has 2 aromatic rings. The second-order valence-corrected chi connectivity index (χ2v) is 7.42. The maximum atomic E-state index is 12.1. The van der Waals surface area contributed by atoms with Gasteiger partial charge in [-0.1, -0.05) is 5.16 Å². The number of hydrogen-bond donors (Lipinski definition) is 1. The first-order valence-electron chi connectivity index (χ1n) is 7.02. The number of carbonyl (C=O) groups is 2. The number of hydrogen-bond acceptors (Lipinski definition) is 6. The van der Waals surface area contributed by atoms with E-state index in [0.717, 1.165) is 3.79 Å². The number of halogens is 1. The van der Waals surface area contributed by atoms with Gasteiger partial charge in [0.2, 0.25) is 11.8 Å². The molecule has 0 aliphatic heterocycles. The molecular formula is C14H17BrN4O3S. The molecule has 23 heavy (non-hydrogen) atoms. The number of rotatable bonds is 7. The van der Waals surface area contributed by atoms with Gasteiger partial charge in [-0.2, -0.15) is 4.98 Å². The van der Waals surface area contributed by atoms with E-state index in [1.165, 1.54) is 16.2 Å². The van der Waals surface area contributed by atoms with Crippen molar-refractivity contribution in [2.45, 2.75) is 19.8 Å². The zero-order chi connectivity index (χ0) is 16.8. The van der Waals surface area contributed by atoms with Crippen LogP contribution in [0.1, 0.15) is 27.8 Å². The molecule has 0 aliphatic carbocycles. The summed E-state index contributed by atoms with van der Waals surface area (Å²) < 4.78 is 5.87. The zero-order valence-electron chi connectivity index (χ0n) is 12.8. The van der Waals surface area contributed by atoms with Crippen molar-refractivity contribution in [2.24, 2.45) is 0 Å². The lowest BCUT2D eigenvalue weighted by molar-refractivity contribution is -0.121. The van der Waals surface area contributed by atoms with Crippen LogP contribution in [0.25, 0.3) is 0 Å². The molecule has 0 atom stereocenters. The Hall–Kier alpha value is -1.74. The molecule has 0 radical (unpaired) electrons. The van der Waals surface area contributed by atoms with Crippen molar-refractivity contribution in [1.29, 1.82) is 0 Å². The Morgan fingerprint density at radius 1 is 1.43 bits per heavy atom. The minimum Gasteiger partial charge on any atom is -0.355 e. The molecule has 0 fully saturated rings. The Bertz CT molecular complexity index is 685. The number of nitrogens with zero attached hydrogens (tertiary/aromatic N) is 3. The molecule has 0 bridgehead atoms. The Labute approximate surface area is 146 Å². The smallest absolute Gasteiger partial charge is 0.264 e. The largest absolute Gasteiger partial charge is 0.355 e. The van der Waals surface area contributed by atoms with Crippen molar-refractivity contribution in [1.82, 2.24) is 20.4 Å². The number of amides is 2. The van der Waals surface area contributed by atoms with Crippen molar-refractivity contribution in [3.8, 4) is 0 Å². The summed E-state index contributed by atoms with van der Waals surface area (Å²) in [7, 11) is 1.61. The summed E-state index contributed by atoms with van der Waals surface area (Å²) >= 11 is 4.66. The third kappa shape index (κ3) is 5.43. The second-order valence-electron chi connectivity index (χ2n) is 4.95. The molecule has 0 unspecified atom stereocenters. The van der Waals surface area contributed by atoms with Crippen LogP contribution in [-0.4, -0.2) is 47.0 Å². The quantitative estimate of drug-likeness (QED) is 0.718. The Morgan fingerprint density at radius 3 is 2.83 bits per heavy atom. The van der Waals surface area contributed by atoms with E-state index < -0.39 is 0 Å². The lowest BCUT2D eigenvalue weighted by atomic mass is 10.3. The average molecular weight is 401 g/mol. The Morgan fingerprint density at radius 2 is 2.22 bits per heavy atom. The second kappa shape index (κ2) is 8.21. The van der Waals surface area contributed by atoms with Crippen LogP contribution >= 0.6 is 27.3 Å². The number of aryl methyl sites for hydroxylation is 2. The van der Waals surface area contributed by atoms with Gasteiger partial charge >= 0.3 is 0 Å². The predicted molar refractivity (Wildman–Crippen MR) is 89.3 cm³/mol. The topological polar surface area (TPSA) is 88.3 Å². The summed E-state index contributed by atoms with van der Waals surface area (Å²) in [5.41, 5.74) is 0. The molecular weight excluding hydrogens is 384 g/mol. The summed E-state index contributed by atoms with van der Waals surface area (Å²) in [5.74, 6) is 0.798. The molecule has 0 spiro atoms. The van der Waals surface area contributed by atoms with Crippen LogP contribution in [0.2, 0.25) is 0 Å². The number of aromatic nitrogens is 2. The number of likely N-dealkylation sites (N-methyl/N-ethyl adjacent to an activating group) is 1. The maximum Gasteiger partial charge on any atom is 0.264 e. The van der Waals surface area contributed by atoms with E-state index in [1.807, 2.05) is 6.07 Å². The lowest BCUT2D eigenvalue weighted by Gasteiger charge is -2.15. The first kappa shape index (κ1) is 17.6. The normalized spacial score (nSPS) is 10.6. The fraction of sp³-hybridized carbons (Fsp3) is 0.429. The van der Waals surface area contributed by atoms with Crippen LogP contribution in [0.4, 0.5) is 0 Å². The summed E-state index contributed by atoms with van der Waals surface area (Å²) in [5, 5.41) is 6.47. The Balaban J connectivity index is 1.68.